The molecule has 1 aromatic rings. The van der Waals surface area contributed by atoms with Crippen molar-refractivity contribution in [2.45, 2.75) is 6.42 Å². The summed E-state index contributed by atoms with van der Waals surface area (Å²) in [6.45, 7) is 0.296. The zero-order valence-electron chi connectivity index (χ0n) is 6.80. The molecule has 0 aliphatic rings. The first-order chi connectivity index (χ1) is 6.18. The van der Waals surface area contributed by atoms with Gasteiger partial charge in [-0.15, -0.1) is 0 Å². The van der Waals surface area contributed by atoms with Crippen LogP contribution in [0.25, 0.3) is 0 Å². The number of benzene rings is 1. The average Bonchev–Trinajstić information content (AvgIpc) is 2.08. The molecule has 0 atom stereocenters. The van der Waals surface area contributed by atoms with Crippen LogP contribution >= 0.6 is 23.2 Å². The molecule has 4 heteroatoms. The maximum atomic E-state index is 10.2. The first-order valence-electron chi connectivity index (χ1n) is 3.75. The molecule has 0 N–H and O–H groups in total. The zero-order valence-corrected chi connectivity index (χ0v) is 8.31. The highest BCUT2D eigenvalue weighted by Crippen LogP contribution is 2.09. The first kappa shape index (κ1) is 10.4. The van der Waals surface area contributed by atoms with Crippen LogP contribution in [0.5, 0.6) is 0 Å². The smallest absolute Gasteiger partial charge is 0.403 e. The van der Waals surface area contributed by atoms with Gasteiger partial charge in [-0.3, -0.25) is 0 Å². The molecule has 2 nitrogen and oxygen atoms in total. The minimum absolute atomic E-state index is 0.296. The highest BCUT2D eigenvalue weighted by atomic mass is 35.5. The summed E-state index contributed by atoms with van der Waals surface area (Å²) in [4.78, 5) is 10.2. The third-order valence-electron chi connectivity index (χ3n) is 1.52. The fraction of sp³-hybridized carbons (Fsp3) is 0.222. The van der Waals surface area contributed by atoms with E-state index < -0.39 is 5.43 Å². The number of hydrogen-bond acceptors (Lipinski definition) is 2. The third-order valence-corrected chi connectivity index (χ3v) is 1.88. The topological polar surface area (TPSA) is 26.3 Å². The Morgan fingerprint density at radius 3 is 2.46 bits per heavy atom. The Kier molecular flexibility index (Phi) is 4.06. The summed E-state index contributed by atoms with van der Waals surface area (Å²) in [6, 6.07) is 7.34. The molecule has 0 fully saturated rings. The largest absolute Gasteiger partial charge is 0.453 e. The van der Waals surface area contributed by atoms with Gasteiger partial charge in [0.05, 0.1) is 6.61 Å². The van der Waals surface area contributed by atoms with Crippen molar-refractivity contribution in [2.24, 2.45) is 0 Å². The summed E-state index contributed by atoms with van der Waals surface area (Å²) in [7, 11) is 0. The van der Waals surface area contributed by atoms with Crippen molar-refractivity contribution in [1.82, 2.24) is 0 Å². The van der Waals surface area contributed by atoms with Crippen LogP contribution in [0.2, 0.25) is 5.02 Å². The van der Waals surface area contributed by atoms with Crippen molar-refractivity contribution >= 4 is 28.6 Å². The second-order valence-electron chi connectivity index (χ2n) is 2.46. The molecule has 0 aliphatic carbocycles. The van der Waals surface area contributed by atoms with Crippen LogP contribution in [-0.2, 0) is 11.2 Å². The van der Waals surface area contributed by atoms with Crippen molar-refractivity contribution in [3.05, 3.63) is 34.9 Å². The van der Waals surface area contributed by atoms with Gasteiger partial charge >= 0.3 is 5.43 Å². The quantitative estimate of drug-likeness (QED) is 0.729. The molecule has 0 radical (unpaired) electrons. The fourth-order valence-corrected chi connectivity index (χ4v) is 1.10. The molecule has 0 heterocycles. The van der Waals surface area contributed by atoms with Gasteiger partial charge in [0, 0.05) is 23.0 Å². The molecule has 13 heavy (non-hydrogen) atoms. The molecule has 1 rings (SSSR count). The van der Waals surface area contributed by atoms with Crippen LogP contribution in [0.1, 0.15) is 5.56 Å². The van der Waals surface area contributed by atoms with Gasteiger partial charge in [0.15, 0.2) is 0 Å². The minimum atomic E-state index is -0.769. The third kappa shape index (κ3) is 4.15. The van der Waals surface area contributed by atoms with Crippen molar-refractivity contribution in [1.29, 1.82) is 0 Å². The predicted molar refractivity (Wildman–Crippen MR) is 52.4 cm³/mol. The van der Waals surface area contributed by atoms with E-state index in [0.717, 1.165) is 5.56 Å². The summed E-state index contributed by atoms with van der Waals surface area (Å²) < 4.78 is 4.57. The van der Waals surface area contributed by atoms with E-state index in [1.807, 2.05) is 12.1 Å². The predicted octanol–water partition coefficient (Wildman–Crippen LogP) is 3.26. The van der Waals surface area contributed by atoms with Gasteiger partial charge in [0.2, 0.25) is 0 Å². The van der Waals surface area contributed by atoms with E-state index in [1.54, 1.807) is 12.1 Å². The van der Waals surface area contributed by atoms with E-state index in [9.17, 15) is 4.79 Å². The first-order valence-corrected chi connectivity index (χ1v) is 4.51. The number of carbonyl (C=O) groups is 1. The van der Waals surface area contributed by atoms with E-state index >= 15 is 0 Å². The molecule has 0 bridgehead atoms. The fourth-order valence-electron chi connectivity index (χ4n) is 0.900. The van der Waals surface area contributed by atoms with Crippen LogP contribution in [0.4, 0.5) is 4.79 Å². The van der Waals surface area contributed by atoms with Crippen LogP contribution in [0, 0.1) is 0 Å². The van der Waals surface area contributed by atoms with Crippen LogP contribution in [0.15, 0.2) is 24.3 Å². The molecule has 0 saturated carbocycles. The SMILES string of the molecule is O=C(Cl)OCCc1ccc(Cl)cc1. The molecule has 0 unspecified atom stereocenters. The van der Waals surface area contributed by atoms with Crippen LogP contribution in [0.3, 0.4) is 0 Å². The molecule has 70 valence electrons. The molecular formula is C9H8Cl2O2. The van der Waals surface area contributed by atoms with Gasteiger partial charge in [0.1, 0.15) is 0 Å². The van der Waals surface area contributed by atoms with Gasteiger partial charge in [-0.05, 0) is 17.7 Å². The average molecular weight is 219 g/mol. The lowest BCUT2D eigenvalue weighted by Crippen LogP contribution is -1.99. The molecule has 0 spiro atoms. The summed E-state index contributed by atoms with van der Waals surface area (Å²) in [6.07, 6.45) is 0.648. The van der Waals surface area contributed by atoms with Gasteiger partial charge in [0.25, 0.3) is 0 Å². The van der Waals surface area contributed by atoms with E-state index in [-0.39, 0.29) is 0 Å². The lowest BCUT2D eigenvalue weighted by molar-refractivity contribution is 0.175. The minimum Gasteiger partial charge on any atom is -0.453 e. The lowest BCUT2D eigenvalue weighted by atomic mass is 10.2. The van der Waals surface area contributed by atoms with Gasteiger partial charge in [-0.2, -0.15) is 0 Å². The normalized spacial score (nSPS) is 9.69. The van der Waals surface area contributed by atoms with E-state index in [4.69, 9.17) is 23.2 Å². The van der Waals surface area contributed by atoms with E-state index in [2.05, 4.69) is 4.74 Å². The molecular weight excluding hydrogens is 211 g/mol. The second kappa shape index (κ2) is 5.10. The highest BCUT2D eigenvalue weighted by Gasteiger charge is 1.96. The summed E-state index contributed by atoms with van der Waals surface area (Å²) in [5.41, 5.74) is 0.288. The maximum absolute atomic E-state index is 10.2. The zero-order chi connectivity index (χ0) is 9.68. The van der Waals surface area contributed by atoms with Crippen molar-refractivity contribution in [2.75, 3.05) is 6.61 Å². The molecule has 1 aromatic carbocycles. The van der Waals surface area contributed by atoms with Crippen LogP contribution in [-0.4, -0.2) is 12.0 Å². The molecule has 0 amide bonds. The Balaban J connectivity index is 2.37. The Morgan fingerprint density at radius 1 is 1.31 bits per heavy atom. The van der Waals surface area contributed by atoms with Gasteiger partial charge < -0.3 is 4.74 Å². The van der Waals surface area contributed by atoms with Crippen LogP contribution < -0.4 is 0 Å². The summed E-state index contributed by atoms with van der Waals surface area (Å²) in [5.74, 6) is 0. The molecule has 0 aliphatic heterocycles. The monoisotopic (exact) mass is 218 g/mol. The molecule has 0 aromatic heterocycles. The van der Waals surface area contributed by atoms with Crippen molar-refractivity contribution < 1.29 is 9.53 Å². The summed E-state index contributed by atoms with van der Waals surface area (Å²) >= 11 is 10.7. The highest BCUT2D eigenvalue weighted by molar-refractivity contribution is 6.61. The summed E-state index contributed by atoms with van der Waals surface area (Å²) in [5, 5.41) is 0.693. The standard InChI is InChI=1S/C9H8Cl2O2/c10-8-3-1-7(2-4-8)5-6-13-9(11)12/h1-4H,5-6H2. The second-order valence-corrected chi connectivity index (χ2v) is 3.21. The Hall–Kier alpha value is -0.730. The Bertz CT molecular complexity index is 282. The van der Waals surface area contributed by atoms with Gasteiger partial charge in [-0.25, -0.2) is 4.79 Å². The number of halogens is 2. The number of ether oxygens (including phenoxy) is 1. The Labute approximate surface area is 86.4 Å². The Morgan fingerprint density at radius 2 is 1.92 bits per heavy atom. The number of hydrogen-bond donors (Lipinski definition) is 0. The van der Waals surface area contributed by atoms with Crippen molar-refractivity contribution in [3.63, 3.8) is 0 Å². The van der Waals surface area contributed by atoms with E-state index in [0.29, 0.717) is 18.1 Å². The van der Waals surface area contributed by atoms with E-state index in [1.165, 1.54) is 0 Å². The molecule has 0 saturated heterocycles. The number of carbonyl (C=O) groups excluding carboxylic acids is 1. The van der Waals surface area contributed by atoms with Crippen molar-refractivity contribution in [3.8, 4) is 0 Å². The lowest BCUT2D eigenvalue weighted by Gasteiger charge is -2.00. The number of rotatable bonds is 3. The van der Waals surface area contributed by atoms with Gasteiger partial charge in [-0.1, -0.05) is 23.7 Å². The maximum Gasteiger partial charge on any atom is 0.403 e.